The molecule has 0 N–H and O–H groups in total. The van der Waals surface area contributed by atoms with Crippen LogP contribution in [0.25, 0.3) is 0 Å². The molecule has 0 bridgehead atoms. The van der Waals surface area contributed by atoms with E-state index < -0.39 is 26.8 Å². The number of halogens is 2. The van der Waals surface area contributed by atoms with Crippen molar-refractivity contribution in [1.29, 1.82) is 0 Å². The summed E-state index contributed by atoms with van der Waals surface area (Å²) >= 11 is -2.17. The Kier molecular flexibility index (Phi) is 9.80. The zero-order valence-electron chi connectivity index (χ0n) is 20.0. The molecule has 1 atom stereocenters. The molecule has 0 fully saturated rings. The third-order valence-electron chi connectivity index (χ3n) is 7.34. The second-order valence-corrected chi connectivity index (χ2v) is 23.7. The van der Waals surface area contributed by atoms with E-state index in [9.17, 15) is 0 Å². The van der Waals surface area contributed by atoms with Gasteiger partial charge >= 0.3 is 192 Å². The molecule has 2 aromatic carbocycles. The van der Waals surface area contributed by atoms with Crippen molar-refractivity contribution in [3.8, 4) is 0 Å². The average molecular weight is 562 g/mol. The molecule has 0 saturated heterocycles. The molecule has 0 aromatic heterocycles. The fourth-order valence-corrected chi connectivity index (χ4v) is 32.5. The number of allylic oxidation sites excluding steroid dienone is 8. The fourth-order valence-electron chi connectivity index (χ4n) is 5.26. The van der Waals surface area contributed by atoms with Crippen LogP contribution in [-0.2, 0) is 20.9 Å². The molecular weight excluding hydrogens is 527 g/mol. The van der Waals surface area contributed by atoms with Crippen molar-refractivity contribution in [2.24, 2.45) is 5.92 Å². The Morgan fingerprint density at radius 2 is 1.31 bits per heavy atom. The van der Waals surface area contributed by atoms with Crippen molar-refractivity contribution in [2.75, 3.05) is 0 Å². The summed E-state index contributed by atoms with van der Waals surface area (Å²) in [6, 6.07) is 18.6. The third-order valence-corrected chi connectivity index (χ3v) is 29.4. The van der Waals surface area contributed by atoms with E-state index in [1.165, 1.54) is 17.5 Å². The van der Waals surface area contributed by atoms with Crippen LogP contribution in [0.3, 0.4) is 0 Å². The maximum atomic E-state index is 2.50. The molecule has 0 aliphatic heterocycles. The Labute approximate surface area is 215 Å². The number of benzene rings is 2. The van der Waals surface area contributed by atoms with E-state index in [4.69, 9.17) is 0 Å². The molecule has 0 nitrogen and oxygen atoms in total. The van der Waals surface area contributed by atoms with E-state index in [1.54, 1.807) is 27.1 Å². The molecule has 0 spiro atoms. The van der Waals surface area contributed by atoms with Gasteiger partial charge in [0.15, 0.2) is 0 Å². The topological polar surface area (TPSA) is 0 Å². The largest absolute Gasteiger partial charge is 0.147 e. The predicted molar refractivity (Wildman–Crippen MR) is 145 cm³/mol. The Morgan fingerprint density at radius 3 is 1.72 bits per heavy atom. The van der Waals surface area contributed by atoms with Gasteiger partial charge in [-0.3, -0.25) is 0 Å². The Bertz CT molecular complexity index is 1060. The van der Waals surface area contributed by atoms with Crippen molar-refractivity contribution >= 4 is 41.1 Å². The first kappa shape index (κ1) is 27.3. The molecule has 0 heterocycles. The summed E-state index contributed by atoms with van der Waals surface area (Å²) in [4.78, 5) is 0. The zero-order chi connectivity index (χ0) is 21.4. The van der Waals surface area contributed by atoms with Crippen molar-refractivity contribution in [2.45, 2.75) is 48.0 Å². The monoisotopic (exact) mass is 559 g/mol. The summed E-state index contributed by atoms with van der Waals surface area (Å²) < 4.78 is 3.69. The van der Waals surface area contributed by atoms with Crippen LogP contribution in [0.15, 0.2) is 90.0 Å². The van der Waals surface area contributed by atoms with Gasteiger partial charge in [-0.05, 0) is 0 Å². The number of rotatable bonds is 5. The number of hydrogen-bond donors (Lipinski definition) is 0. The van der Waals surface area contributed by atoms with Crippen LogP contribution in [0.4, 0.5) is 0 Å². The van der Waals surface area contributed by atoms with Crippen molar-refractivity contribution in [1.82, 2.24) is 0 Å². The smallest absolute Gasteiger partial charge is 0.147 e. The second-order valence-electron chi connectivity index (χ2n) is 8.95. The molecule has 0 radical (unpaired) electrons. The van der Waals surface area contributed by atoms with Gasteiger partial charge in [-0.25, -0.2) is 0 Å². The standard InChI is InChI=1S/C14H15Si.C9H13.C5H5.2ClH.Zr/c1-11-7-3-5-9-13(11)15-14-10-6-4-8-12(14)2;1-6-5-7(2)9(4)8(6)3;1-2-4-5-3-1;;;/h3-10,15H,1-2H3;6H,1-4H3;1-3H,4H2;2*1H;. The molecule has 0 saturated carbocycles. The molecule has 2 aromatic rings. The fraction of sp³-hybridized carbons (Fsp3) is 0.286. The quantitative estimate of drug-likeness (QED) is 0.356. The van der Waals surface area contributed by atoms with Gasteiger partial charge in [-0.1, -0.05) is 0 Å². The molecule has 2 aliphatic carbocycles. The second kappa shape index (κ2) is 11.5. The molecule has 2 aliphatic rings. The van der Waals surface area contributed by atoms with Gasteiger partial charge in [0.1, 0.15) is 0 Å². The van der Waals surface area contributed by atoms with Crippen LogP contribution in [0, 0.1) is 19.8 Å². The van der Waals surface area contributed by atoms with Gasteiger partial charge in [0.25, 0.3) is 0 Å². The molecule has 1 unspecified atom stereocenters. The first-order chi connectivity index (χ1) is 14.4. The van der Waals surface area contributed by atoms with E-state index in [0.29, 0.717) is 5.92 Å². The van der Waals surface area contributed by atoms with Gasteiger partial charge < -0.3 is 0 Å². The van der Waals surface area contributed by atoms with Crippen LogP contribution in [0.1, 0.15) is 45.2 Å². The van der Waals surface area contributed by atoms with Gasteiger partial charge in [0.2, 0.25) is 0 Å². The Hall–Kier alpha value is -0.920. The normalized spacial score (nSPS) is 17.5. The van der Waals surface area contributed by atoms with Gasteiger partial charge in [0, 0.05) is 0 Å². The summed E-state index contributed by atoms with van der Waals surface area (Å²) in [7, 11) is 0. The van der Waals surface area contributed by atoms with Crippen molar-refractivity contribution < 1.29 is 20.9 Å². The van der Waals surface area contributed by atoms with Crippen LogP contribution in [0.5, 0.6) is 0 Å². The molecule has 32 heavy (non-hydrogen) atoms. The maximum Gasteiger partial charge on any atom is -0.147 e. The van der Waals surface area contributed by atoms with Crippen LogP contribution < -0.4 is 10.4 Å². The van der Waals surface area contributed by atoms with Crippen LogP contribution >= 0.6 is 24.8 Å². The maximum absolute atomic E-state index is 2.50. The van der Waals surface area contributed by atoms with Crippen LogP contribution in [-0.4, -0.2) is 5.92 Å². The SMILES string of the molecule is CC1=C(C)C(C)[C]([Zr]([C]2=CC=CC2)[SiH](c2ccccc2C)c2ccccc2C)=C1C.Cl.Cl. The zero-order valence-corrected chi connectivity index (χ0v) is 25.3. The summed E-state index contributed by atoms with van der Waals surface area (Å²) in [6.45, 7) is 14.3. The summed E-state index contributed by atoms with van der Waals surface area (Å²) in [5.41, 5.74) is 7.78. The summed E-state index contributed by atoms with van der Waals surface area (Å²) in [5, 5.41) is 3.37. The van der Waals surface area contributed by atoms with E-state index in [0.717, 1.165) is 0 Å². The number of hydrogen-bond acceptors (Lipinski definition) is 0. The number of aryl methyl sites for hydroxylation is 2. The third kappa shape index (κ3) is 4.95. The van der Waals surface area contributed by atoms with E-state index >= 15 is 0 Å². The molecule has 4 rings (SSSR count). The van der Waals surface area contributed by atoms with Crippen LogP contribution in [0.2, 0.25) is 0 Å². The molecule has 0 amide bonds. The van der Waals surface area contributed by atoms with Gasteiger partial charge in [0.05, 0.1) is 0 Å². The minimum atomic E-state index is -2.17. The minimum absolute atomic E-state index is 0. The van der Waals surface area contributed by atoms with E-state index in [-0.39, 0.29) is 24.8 Å². The van der Waals surface area contributed by atoms with Gasteiger partial charge in [-0.15, -0.1) is 24.8 Å². The van der Waals surface area contributed by atoms with Crippen molar-refractivity contribution in [3.63, 3.8) is 0 Å². The Morgan fingerprint density at radius 1 is 0.781 bits per heavy atom. The van der Waals surface area contributed by atoms with E-state index in [2.05, 4.69) is 108 Å². The minimum Gasteiger partial charge on any atom is -0.147 e. The summed E-state index contributed by atoms with van der Waals surface area (Å²) in [6.07, 6.45) is 8.39. The van der Waals surface area contributed by atoms with E-state index in [1.807, 2.05) is 6.56 Å². The first-order valence-corrected chi connectivity index (χ1v) is 19.6. The summed E-state index contributed by atoms with van der Waals surface area (Å²) in [5.74, 6) is -0.763. The molecule has 4 heteroatoms. The van der Waals surface area contributed by atoms with Gasteiger partial charge in [-0.2, -0.15) is 0 Å². The Balaban J connectivity index is 0.00000181. The molecular formula is C28H35Cl2SiZr. The molecule has 169 valence electrons. The average Bonchev–Trinajstić information content (AvgIpc) is 3.33. The first-order valence-electron chi connectivity index (χ1n) is 11.1. The predicted octanol–water partition coefficient (Wildman–Crippen LogP) is 6.71. The van der Waals surface area contributed by atoms with Crippen molar-refractivity contribution in [3.05, 3.63) is 101 Å².